The maximum atomic E-state index is 10.6. The van der Waals surface area contributed by atoms with Crippen LogP contribution < -0.4 is 0 Å². The highest BCUT2D eigenvalue weighted by molar-refractivity contribution is 14.1. The van der Waals surface area contributed by atoms with Crippen LogP contribution in [0.4, 0.5) is 4.79 Å². The van der Waals surface area contributed by atoms with Gasteiger partial charge in [-0.25, -0.2) is 5.06 Å². The molecule has 0 aliphatic heterocycles. The lowest BCUT2D eigenvalue weighted by atomic mass is 10.2. The number of hydroxylamine groups is 2. The minimum Gasteiger partial charge on any atom is -0.285 e. The van der Waals surface area contributed by atoms with E-state index >= 15 is 0 Å². The molecule has 0 aromatic heterocycles. The number of carbonyl (C=O) groups excluding carboxylic acids is 1. The normalized spacial score (nSPS) is 9.50. The zero-order valence-corrected chi connectivity index (χ0v) is 8.43. The molecule has 0 unspecified atom stereocenters. The van der Waals surface area contributed by atoms with Crippen LogP contribution in [-0.4, -0.2) is 14.2 Å². The fraction of sp³-hybridized carbons (Fsp3) is 0.125. The van der Waals surface area contributed by atoms with E-state index in [0.29, 0.717) is 5.06 Å². The maximum absolute atomic E-state index is 10.6. The minimum atomic E-state index is -0.378. The summed E-state index contributed by atoms with van der Waals surface area (Å²) >= 11 is 1.53. The number of nitrogens with zero attached hydrogens (tertiary/aromatic N) is 1. The molecule has 1 N–H and O–H groups in total. The second-order valence-corrected chi connectivity index (χ2v) is 3.22. The first kappa shape index (κ1) is 9.47. The minimum absolute atomic E-state index is 0.239. The Morgan fingerprint density at radius 1 is 1.42 bits per heavy atom. The second-order valence-electron chi connectivity index (χ2n) is 2.30. The molecule has 64 valence electrons. The van der Waals surface area contributed by atoms with Gasteiger partial charge in [0.05, 0.1) is 6.54 Å². The lowest BCUT2D eigenvalue weighted by Crippen LogP contribution is -2.20. The average molecular weight is 277 g/mol. The van der Waals surface area contributed by atoms with Crippen LogP contribution in [0.2, 0.25) is 0 Å². The fourth-order valence-electron chi connectivity index (χ4n) is 0.819. The summed E-state index contributed by atoms with van der Waals surface area (Å²) in [5, 5.41) is 9.73. The topological polar surface area (TPSA) is 40.5 Å². The standard InChI is InChI=1S/C8H8INO2/c9-8(11)10(12)6-7-4-2-1-3-5-7/h1-5,12H,6H2. The van der Waals surface area contributed by atoms with Crippen molar-refractivity contribution in [3.8, 4) is 0 Å². The Bertz CT molecular complexity index is 263. The molecule has 4 heteroatoms. The van der Waals surface area contributed by atoms with E-state index in [2.05, 4.69) is 0 Å². The first-order valence-electron chi connectivity index (χ1n) is 3.40. The summed E-state index contributed by atoms with van der Waals surface area (Å²) in [5.41, 5.74) is 0.907. The molecule has 0 fully saturated rings. The fourth-order valence-corrected chi connectivity index (χ4v) is 0.989. The lowest BCUT2D eigenvalue weighted by Gasteiger charge is -2.10. The van der Waals surface area contributed by atoms with Crippen molar-refractivity contribution in [2.45, 2.75) is 6.54 Å². The Balaban J connectivity index is 2.58. The van der Waals surface area contributed by atoms with Crippen molar-refractivity contribution in [2.75, 3.05) is 0 Å². The van der Waals surface area contributed by atoms with Gasteiger partial charge in [0.2, 0.25) is 0 Å². The predicted molar refractivity (Wildman–Crippen MR) is 53.2 cm³/mol. The van der Waals surface area contributed by atoms with E-state index in [1.807, 2.05) is 30.3 Å². The molecule has 0 bridgehead atoms. The Morgan fingerprint density at radius 2 is 2.00 bits per heavy atom. The number of rotatable bonds is 2. The Labute approximate surface area is 84.1 Å². The van der Waals surface area contributed by atoms with E-state index in [4.69, 9.17) is 5.21 Å². The van der Waals surface area contributed by atoms with Crippen LogP contribution in [0.25, 0.3) is 0 Å². The van der Waals surface area contributed by atoms with Gasteiger partial charge in [-0.2, -0.15) is 0 Å². The van der Waals surface area contributed by atoms with E-state index in [1.54, 1.807) is 0 Å². The quantitative estimate of drug-likeness (QED) is 0.296. The van der Waals surface area contributed by atoms with E-state index < -0.39 is 0 Å². The Hall–Kier alpha value is -0.620. The number of benzene rings is 1. The molecule has 0 aliphatic rings. The zero-order chi connectivity index (χ0) is 8.97. The number of hydrogen-bond acceptors (Lipinski definition) is 2. The smallest absolute Gasteiger partial charge is 0.285 e. The van der Waals surface area contributed by atoms with Crippen molar-refractivity contribution in [1.29, 1.82) is 0 Å². The molecular weight excluding hydrogens is 269 g/mol. The average Bonchev–Trinajstić information content (AvgIpc) is 2.06. The molecule has 0 atom stereocenters. The predicted octanol–water partition coefficient (Wildman–Crippen LogP) is 2.43. The first-order valence-corrected chi connectivity index (χ1v) is 4.48. The van der Waals surface area contributed by atoms with Crippen LogP contribution in [0, 0.1) is 0 Å². The zero-order valence-electron chi connectivity index (χ0n) is 6.27. The summed E-state index contributed by atoms with van der Waals surface area (Å²) in [5.74, 6) is 0. The summed E-state index contributed by atoms with van der Waals surface area (Å²) in [6, 6.07) is 9.31. The van der Waals surface area contributed by atoms with Gasteiger partial charge in [0.15, 0.2) is 0 Å². The monoisotopic (exact) mass is 277 g/mol. The SMILES string of the molecule is O=C(I)N(O)Cc1ccccc1. The van der Waals surface area contributed by atoms with Crippen molar-refractivity contribution in [1.82, 2.24) is 5.06 Å². The highest BCUT2D eigenvalue weighted by Gasteiger charge is 2.05. The number of hydrogen-bond donors (Lipinski definition) is 1. The van der Waals surface area contributed by atoms with Crippen molar-refractivity contribution in [2.24, 2.45) is 0 Å². The summed E-state index contributed by atoms with van der Waals surface area (Å²) < 4.78 is -0.378. The molecule has 1 amide bonds. The van der Waals surface area contributed by atoms with Gasteiger partial charge in [0.25, 0.3) is 0 Å². The number of halogens is 1. The summed E-state index contributed by atoms with van der Waals surface area (Å²) in [4.78, 5) is 10.6. The van der Waals surface area contributed by atoms with Crippen LogP contribution in [0.1, 0.15) is 5.56 Å². The molecule has 1 aromatic rings. The second kappa shape index (κ2) is 4.42. The molecule has 0 heterocycles. The third kappa shape index (κ3) is 2.78. The summed E-state index contributed by atoms with van der Waals surface area (Å²) in [6.45, 7) is 0.239. The van der Waals surface area contributed by atoms with E-state index in [9.17, 15) is 4.79 Å². The molecule has 12 heavy (non-hydrogen) atoms. The van der Waals surface area contributed by atoms with Gasteiger partial charge in [0, 0.05) is 22.6 Å². The molecule has 0 spiro atoms. The van der Waals surface area contributed by atoms with Gasteiger partial charge in [-0.05, 0) is 5.56 Å². The van der Waals surface area contributed by atoms with Crippen molar-refractivity contribution in [3.63, 3.8) is 0 Å². The van der Waals surface area contributed by atoms with Crippen LogP contribution in [-0.2, 0) is 6.54 Å². The van der Waals surface area contributed by atoms with E-state index in [1.165, 1.54) is 22.6 Å². The Morgan fingerprint density at radius 3 is 2.50 bits per heavy atom. The summed E-state index contributed by atoms with van der Waals surface area (Å²) in [6.07, 6.45) is 0. The molecule has 1 aromatic carbocycles. The number of carbonyl (C=O) groups is 1. The molecular formula is C8H8INO2. The largest absolute Gasteiger partial charge is 0.306 e. The Kier molecular flexibility index (Phi) is 3.48. The molecule has 0 aliphatic carbocycles. The van der Waals surface area contributed by atoms with E-state index in [0.717, 1.165) is 5.56 Å². The molecule has 0 saturated carbocycles. The molecule has 1 rings (SSSR count). The third-order valence-corrected chi connectivity index (χ3v) is 1.93. The van der Waals surface area contributed by atoms with Gasteiger partial charge < -0.3 is 0 Å². The van der Waals surface area contributed by atoms with Crippen molar-refractivity contribution in [3.05, 3.63) is 35.9 Å². The molecule has 0 saturated heterocycles. The van der Waals surface area contributed by atoms with Gasteiger partial charge >= 0.3 is 3.91 Å². The van der Waals surface area contributed by atoms with Crippen LogP contribution in [0.3, 0.4) is 0 Å². The van der Waals surface area contributed by atoms with E-state index in [-0.39, 0.29) is 10.5 Å². The van der Waals surface area contributed by atoms with Gasteiger partial charge in [-0.3, -0.25) is 10.0 Å². The summed E-state index contributed by atoms with van der Waals surface area (Å²) in [7, 11) is 0. The van der Waals surface area contributed by atoms with Gasteiger partial charge in [-0.1, -0.05) is 30.3 Å². The lowest BCUT2D eigenvalue weighted by molar-refractivity contribution is -0.0374. The number of amides is 1. The third-order valence-electron chi connectivity index (χ3n) is 1.38. The molecule has 3 nitrogen and oxygen atoms in total. The highest BCUT2D eigenvalue weighted by Crippen LogP contribution is 2.05. The van der Waals surface area contributed by atoms with Gasteiger partial charge in [-0.15, -0.1) is 0 Å². The highest BCUT2D eigenvalue weighted by atomic mass is 127. The van der Waals surface area contributed by atoms with Crippen LogP contribution >= 0.6 is 22.6 Å². The van der Waals surface area contributed by atoms with Crippen molar-refractivity contribution >= 4 is 26.5 Å². The van der Waals surface area contributed by atoms with Crippen LogP contribution in [0.5, 0.6) is 0 Å². The first-order chi connectivity index (χ1) is 5.70. The van der Waals surface area contributed by atoms with Crippen LogP contribution in [0.15, 0.2) is 30.3 Å². The van der Waals surface area contributed by atoms with Gasteiger partial charge in [0.1, 0.15) is 0 Å². The molecule has 0 radical (unpaired) electrons. The van der Waals surface area contributed by atoms with Crippen molar-refractivity contribution < 1.29 is 10.0 Å². The maximum Gasteiger partial charge on any atom is 0.306 e.